The highest BCUT2D eigenvalue weighted by atomic mass is 16.5. The molecule has 2 aliphatic carbocycles. The average Bonchev–Trinajstić information content (AvgIpc) is 3.16. The third-order valence-electron chi connectivity index (χ3n) is 6.96. The second kappa shape index (κ2) is 8.37. The molecule has 3 atom stereocenters. The van der Waals surface area contributed by atoms with Gasteiger partial charge in [-0.15, -0.1) is 0 Å². The van der Waals surface area contributed by atoms with Crippen LogP contribution in [-0.2, 0) is 19.3 Å². The summed E-state index contributed by atoms with van der Waals surface area (Å²) < 4.78 is 10.8. The number of hydrogen-bond donors (Lipinski definition) is 2. The molecule has 0 spiro atoms. The lowest BCUT2D eigenvalue weighted by Gasteiger charge is -2.26. The maximum atomic E-state index is 9.55. The summed E-state index contributed by atoms with van der Waals surface area (Å²) in [4.78, 5) is 0. The molecule has 0 aromatic heterocycles. The Kier molecular flexibility index (Phi) is 5.84. The van der Waals surface area contributed by atoms with E-state index >= 15 is 0 Å². The number of aliphatic hydroxyl groups excluding tert-OH is 1. The zero-order valence-electron chi connectivity index (χ0n) is 17.6. The molecule has 29 heavy (non-hydrogen) atoms. The minimum atomic E-state index is -0.384. The van der Waals surface area contributed by atoms with Gasteiger partial charge in [-0.3, -0.25) is 0 Å². The quantitative estimate of drug-likeness (QED) is 0.776. The van der Waals surface area contributed by atoms with Crippen LogP contribution in [0, 0.1) is 5.92 Å². The van der Waals surface area contributed by atoms with Gasteiger partial charge in [-0.25, -0.2) is 0 Å². The maximum absolute atomic E-state index is 9.55. The Morgan fingerprint density at radius 3 is 2.59 bits per heavy atom. The van der Waals surface area contributed by atoms with Gasteiger partial charge in [0.2, 0.25) is 0 Å². The third-order valence-corrected chi connectivity index (χ3v) is 6.96. The highest BCUT2D eigenvalue weighted by molar-refractivity contribution is 5.43. The Morgan fingerprint density at radius 2 is 1.86 bits per heavy atom. The Morgan fingerprint density at radius 1 is 1.03 bits per heavy atom. The van der Waals surface area contributed by atoms with Crippen LogP contribution in [-0.4, -0.2) is 31.5 Å². The van der Waals surface area contributed by atoms with Crippen LogP contribution in [0.15, 0.2) is 36.4 Å². The first-order chi connectivity index (χ1) is 14.0. The largest absolute Gasteiger partial charge is 0.493 e. The fourth-order valence-electron chi connectivity index (χ4n) is 5.20. The predicted molar refractivity (Wildman–Crippen MR) is 116 cm³/mol. The Bertz CT molecular complexity index is 865. The second-order valence-electron chi connectivity index (χ2n) is 8.99. The number of aryl methyl sites for hydroxylation is 1. The van der Waals surface area contributed by atoms with Crippen molar-refractivity contribution >= 4 is 0 Å². The Hall–Kier alpha value is -2.04. The van der Waals surface area contributed by atoms with Crippen LogP contribution in [0.25, 0.3) is 0 Å². The third kappa shape index (κ3) is 4.29. The summed E-state index contributed by atoms with van der Waals surface area (Å²) in [5, 5.41) is 9.55. The van der Waals surface area contributed by atoms with Gasteiger partial charge in [-0.1, -0.05) is 24.3 Å². The zero-order chi connectivity index (χ0) is 20.4. The van der Waals surface area contributed by atoms with E-state index in [4.69, 9.17) is 15.2 Å². The lowest BCUT2D eigenvalue weighted by molar-refractivity contribution is 0.198. The van der Waals surface area contributed by atoms with Gasteiger partial charge in [0.25, 0.3) is 0 Å². The standard InChI is InChI=1S/C25H33NO3/c1-28-23-8-4-18(13-24(23)29-2)11-17-3-5-20-14-21(7-6-19(20)12-17)22-9-10-25(26,15-22)16-27/h4,6-8,13-14,17,22,27H,3,5,9-12,15-16,26H2,1-2H3/t17-,22-,25+/m0/s1. The number of benzene rings is 2. The molecular formula is C25H33NO3. The van der Waals surface area contributed by atoms with E-state index in [-0.39, 0.29) is 12.1 Å². The second-order valence-corrected chi connectivity index (χ2v) is 8.99. The molecule has 0 bridgehead atoms. The number of methoxy groups -OCH3 is 2. The first-order valence-corrected chi connectivity index (χ1v) is 10.8. The Balaban J connectivity index is 1.43. The minimum Gasteiger partial charge on any atom is -0.493 e. The van der Waals surface area contributed by atoms with E-state index in [1.807, 2.05) is 6.07 Å². The number of nitrogens with two attached hydrogens (primary N) is 1. The molecule has 4 rings (SSSR count). The van der Waals surface area contributed by atoms with Crippen LogP contribution in [0.2, 0.25) is 0 Å². The molecule has 2 aromatic carbocycles. The normalized spacial score (nSPS) is 26.2. The van der Waals surface area contributed by atoms with E-state index in [0.29, 0.717) is 11.8 Å². The van der Waals surface area contributed by atoms with E-state index in [1.54, 1.807) is 14.2 Å². The van der Waals surface area contributed by atoms with Gasteiger partial charge in [0.05, 0.1) is 20.8 Å². The van der Waals surface area contributed by atoms with Crippen molar-refractivity contribution in [1.29, 1.82) is 0 Å². The van der Waals surface area contributed by atoms with Crippen molar-refractivity contribution in [3.8, 4) is 11.5 Å². The van der Waals surface area contributed by atoms with E-state index < -0.39 is 0 Å². The Labute approximate surface area is 174 Å². The van der Waals surface area contributed by atoms with Crippen LogP contribution in [0.1, 0.15) is 53.9 Å². The first-order valence-electron chi connectivity index (χ1n) is 10.8. The average molecular weight is 396 g/mol. The molecule has 4 heteroatoms. The molecule has 0 heterocycles. The van der Waals surface area contributed by atoms with Crippen LogP contribution in [0.5, 0.6) is 11.5 Å². The minimum absolute atomic E-state index is 0.0896. The SMILES string of the molecule is COc1ccc(C[C@@H]2CCc3cc([C@H]4CC[C@](N)(CO)C4)ccc3C2)cc1OC. The van der Waals surface area contributed by atoms with Gasteiger partial charge in [0, 0.05) is 5.54 Å². The van der Waals surface area contributed by atoms with Crippen LogP contribution < -0.4 is 15.2 Å². The van der Waals surface area contributed by atoms with Gasteiger partial charge in [-0.2, -0.15) is 0 Å². The molecule has 3 N–H and O–H groups in total. The summed E-state index contributed by atoms with van der Waals surface area (Å²) in [6.45, 7) is 0.0896. The summed E-state index contributed by atoms with van der Waals surface area (Å²) in [6, 6.07) is 13.3. The molecule has 0 amide bonds. The van der Waals surface area contributed by atoms with Crippen molar-refractivity contribution in [1.82, 2.24) is 0 Å². The molecule has 2 aliphatic rings. The topological polar surface area (TPSA) is 64.7 Å². The van der Waals surface area contributed by atoms with E-state index in [0.717, 1.165) is 50.0 Å². The van der Waals surface area contributed by atoms with E-state index in [1.165, 1.54) is 28.7 Å². The van der Waals surface area contributed by atoms with Crippen molar-refractivity contribution in [2.45, 2.75) is 56.4 Å². The molecule has 0 saturated heterocycles. The molecule has 1 fully saturated rings. The van der Waals surface area contributed by atoms with Gasteiger partial charge >= 0.3 is 0 Å². The smallest absolute Gasteiger partial charge is 0.160 e. The van der Waals surface area contributed by atoms with Crippen molar-refractivity contribution in [2.75, 3.05) is 20.8 Å². The summed E-state index contributed by atoms with van der Waals surface area (Å²) in [7, 11) is 3.36. The molecular weight excluding hydrogens is 362 g/mol. The van der Waals surface area contributed by atoms with Crippen LogP contribution >= 0.6 is 0 Å². The lowest BCUT2D eigenvalue weighted by atomic mass is 9.79. The molecule has 0 aliphatic heterocycles. The highest BCUT2D eigenvalue weighted by Gasteiger charge is 2.36. The predicted octanol–water partition coefficient (Wildman–Crippen LogP) is 4.01. The number of fused-ring (bicyclic) bond motifs is 1. The number of ether oxygens (including phenoxy) is 2. The lowest BCUT2D eigenvalue weighted by Crippen LogP contribution is -2.40. The highest BCUT2D eigenvalue weighted by Crippen LogP contribution is 2.41. The zero-order valence-corrected chi connectivity index (χ0v) is 17.6. The monoisotopic (exact) mass is 395 g/mol. The number of aliphatic hydroxyl groups is 1. The van der Waals surface area contributed by atoms with Gasteiger partial charge in [0.15, 0.2) is 11.5 Å². The summed E-state index contributed by atoms with van der Waals surface area (Å²) in [5.74, 6) is 2.74. The first kappa shape index (κ1) is 20.2. The number of hydrogen-bond acceptors (Lipinski definition) is 4. The summed E-state index contributed by atoms with van der Waals surface area (Å²) >= 11 is 0. The molecule has 1 saturated carbocycles. The molecule has 0 unspecified atom stereocenters. The maximum Gasteiger partial charge on any atom is 0.160 e. The van der Waals surface area contributed by atoms with Gasteiger partial charge in [0.1, 0.15) is 0 Å². The van der Waals surface area contributed by atoms with Crippen molar-refractivity contribution in [2.24, 2.45) is 11.7 Å². The molecule has 4 nitrogen and oxygen atoms in total. The van der Waals surface area contributed by atoms with Crippen LogP contribution in [0.3, 0.4) is 0 Å². The van der Waals surface area contributed by atoms with Crippen molar-refractivity contribution < 1.29 is 14.6 Å². The van der Waals surface area contributed by atoms with Gasteiger partial charge < -0.3 is 20.3 Å². The molecule has 156 valence electrons. The van der Waals surface area contributed by atoms with Crippen molar-refractivity contribution in [3.63, 3.8) is 0 Å². The van der Waals surface area contributed by atoms with E-state index in [9.17, 15) is 5.11 Å². The van der Waals surface area contributed by atoms with Crippen molar-refractivity contribution in [3.05, 3.63) is 58.7 Å². The molecule has 2 aromatic rings. The fourth-order valence-corrected chi connectivity index (χ4v) is 5.20. The van der Waals surface area contributed by atoms with E-state index in [2.05, 4.69) is 30.3 Å². The fraction of sp³-hybridized carbons (Fsp3) is 0.520. The molecule has 0 radical (unpaired) electrons. The summed E-state index contributed by atoms with van der Waals surface area (Å²) in [5.41, 5.74) is 11.6. The summed E-state index contributed by atoms with van der Waals surface area (Å²) in [6.07, 6.45) is 7.44. The van der Waals surface area contributed by atoms with Crippen LogP contribution in [0.4, 0.5) is 0 Å². The number of rotatable bonds is 6. The van der Waals surface area contributed by atoms with Gasteiger partial charge in [-0.05, 0) is 91.2 Å².